The normalized spacial score (nSPS) is 13.1. The molecule has 58 heavy (non-hydrogen) atoms. The third-order valence-electron chi connectivity index (χ3n) is 12.5. The van der Waals surface area contributed by atoms with Gasteiger partial charge in [-0.15, -0.1) is 0 Å². The summed E-state index contributed by atoms with van der Waals surface area (Å²) in [5.41, 5.74) is 16.8. The molecular formula is C55H37NO2. The van der Waals surface area contributed by atoms with E-state index in [1.807, 2.05) is 12.1 Å². The predicted octanol–water partition coefficient (Wildman–Crippen LogP) is 15.7. The third kappa shape index (κ3) is 4.80. The molecule has 1 aliphatic carbocycles. The Labute approximate surface area is 336 Å². The van der Waals surface area contributed by atoms with Gasteiger partial charge in [0.1, 0.15) is 22.3 Å². The van der Waals surface area contributed by atoms with Gasteiger partial charge in [0.25, 0.3) is 0 Å². The molecule has 0 aliphatic heterocycles. The lowest BCUT2D eigenvalue weighted by Gasteiger charge is -2.28. The number of nitrogens with zero attached hydrogens (tertiary/aromatic N) is 1. The number of para-hydroxylation sites is 1. The molecule has 11 aromatic rings. The lowest BCUT2D eigenvalue weighted by atomic mass is 9.82. The van der Waals surface area contributed by atoms with Crippen LogP contribution in [0.5, 0.6) is 0 Å². The van der Waals surface area contributed by atoms with E-state index in [1.54, 1.807) is 0 Å². The van der Waals surface area contributed by atoms with Gasteiger partial charge >= 0.3 is 0 Å². The van der Waals surface area contributed by atoms with Gasteiger partial charge in [-0.25, -0.2) is 0 Å². The Bertz CT molecular complexity index is 3420. The van der Waals surface area contributed by atoms with E-state index in [0.717, 1.165) is 88.6 Å². The number of benzene rings is 9. The van der Waals surface area contributed by atoms with E-state index in [2.05, 4.69) is 195 Å². The lowest BCUT2D eigenvalue weighted by molar-refractivity contribution is 0.660. The Morgan fingerprint density at radius 1 is 0.379 bits per heavy atom. The van der Waals surface area contributed by atoms with Crippen molar-refractivity contribution in [1.82, 2.24) is 0 Å². The van der Waals surface area contributed by atoms with E-state index in [4.69, 9.17) is 8.83 Å². The van der Waals surface area contributed by atoms with Crippen LogP contribution in [0.4, 0.5) is 17.1 Å². The van der Waals surface area contributed by atoms with Crippen LogP contribution >= 0.6 is 0 Å². The minimum absolute atomic E-state index is 0.120. The van der Waals surface area contributed by atoms with Crippen molar-refractivity contribution in [3.63, 3.8) is 0 Å². The molecule has 9 aromatic carbocycles. The van der Waals surface area contributed by atoms with E-state index >= 15 is 0 Å². The van der Waals surface area contributed by atoms with Crippen LogP contribution in [0.2, 0.25) is 0 Å². The zero-order chi connectivity index (χ0) is 38.5. The summed E-state index contributed by atoms with van der Waals surface area (Å²) in [6.07, 6.45) is 0. The number of rotatable bonds is 5. The van der Waals surface area contributed by atoms with Crippen molar-refractivity contribution in [3.8, 4) is 33.4 Å². The van der Waals surface area contributed by atoms with Crippen LogP contribution in [0, 0.1) is 0 Å². The van der Waals surface area contributed by atoms with Gasteiger partial charge in [0.15, 0.2) is 0 Å². The number of anilines is 3. The molecule has 3 heteroatoms. The molecule has 0 N–H and O–H groups in total. The fourth-order valence-electron chi connectivity index (χ4n) is 9.67. The van der Waals surface area contributed by atoms with Crippen LogP contribution in [-0.2, 0) is 5.41 Å². The molecule has 12 rings (SSSR count). The molecule has 0 spiro atoms. The first-order chi connectivity index (χ1) is 28.5. The molecule has 0 unspecified atom stereocenters. The van der Waals surface area contributed by atoms with Gasteiger partial charge in [-0.1, -0.05) is 141 Å². The highest BCUT2D eigenvalue weighted by atomic mass is 16.3. The standard InChI is InChI=1S/C55H37NO2/c1-55(2)47-17-7-5-13-43(47)44-32-30-39(33-48(44)55)56(37-26-21-35(22-27-37)40-15-9-19-50-52(40)45-14-6-8-18-49(45)57-50)38-28-23-36(24-29-38)41-16-10-20-51-53(41)46-31-25-34-11-3-4-12-42(34)54(46)58-51/h3-33H,1-2H3. The van der Waals surface area contributed by atoms with Crippen molar-refractivity contribution in [2.75, 3.05) is 4.90 Å². The Kier molecular flexibility index (Phi) is 6.98. The first-order valence-corrected chi connectivity index (χ1v) is 20.0. The molecule has 0 atom stereocenters. The van der Waals surface area contributed by atoms with E-state index in [-0.39, 0.29) is 5.41 Å². The van der Waals surface area contributed by atoms with Crippen molar-refractivity contribution >= 4 is 71.7 Å². The average Bonchev–Trinajstić information content (AvgIpc) is 3.92. The molecule has 0 fully saturated rings. The molecular weight excluding hydrogens is 707 g/mol. The summed E-state index contributed by atoms with van der Waals surface area (Å²) in [5.74, 6) is 0. The highest BCUT2D eigenvalue weighted by Gasteiger charge is 2.35. The van der Waals surface area contributed by atoms with E-state index in [9.17, 15) is 0 Å². The average molecular weight is 744 g/mol. The lowest BCUT2D eigenvalue weighted by Crippen LogP contribution is -2.16. The van der Waals surface area contributed by atoms with Gasteiger partial charge in [0.05, 0.1) is 0 Å². The van der Waals surface area contributed by atoms with E-state index in [0.29, 0.717) is 0 Å². The Hall–Kier alpha value is -7.36. The highest BCUT2D eigenvalue weighted by Crippen LogP contribution is 2.51. The maximum Gasteiger partial charge on any atom is 0.143 e. The Balaban J connectivity index is 0.993. The molecule has 1 aliphatic rings. The van der Waals surface area contributed by atoms with E-state index < -0.39 is 0 Å². The SMILES string of the molecule is CC1(C)c2ccccc2-c2ccc(N(c3ccc(-c4cccc5oc6ccccc6c45)cc3)c3ccc(-c4cccc5oc6c7ccccc7ccc6c45)cc3)cc21. The van der Waals surface area contributed by atoms with Crippen LogP contribution < -0.4 is 4.90 Å². The quantitative estimate of drug-likeness (QED) is 0.176. The van der Waals surface area contributed by atoms with Crippen LogP contribution in [-0.4, -0.2) is 0 Å². The van der Waals surface area contributed by atoms with E-state index in [1.165, 1.54) is 27.6 Å². The molecule has 274 valence electrons. The monoisotopic (exact) mass is 743 g/mol. The van der Waals surface area contributed by atoms with Gasteiger partial charge < -0.3 is 13.7 Å². The maximum atomic E-state index is 6.55. The van der Waals surface area contributed by atoms with Gasteiger partial charge in [-0.3, -0.25) is 0 Å². The topological polar surface area (TPSA) is 29.5 Å². The van der Waals surface area contributed by atoms with Crippen molar-refractivity contribution in [3.05, 3.63) is 199 Å². The van der Waals surface area contributed by atoms with Crippen LogP contribution in [0.25, 0.3) is 88.0 Å². The maximum absolute atomic E-state index is 6.55. The summed E-state index contributed by atoms with van der Waals surface area (Å²) >= 11 is 0. The predicted molar refractivity (Wildman–Crippen MR) is 242 cm³/mol. The zero-order valence-corrected chi connectivity index (χ0v) is 32.2. The van der Waals surface area contributed by atoms with Crippen molar-refractivity contribution < 1.29 is 8.83 Å². The largest absolute Gasteiger partial charge is 0.456 e. The van der Waals surface area contributed by atoms with Crippen molar-refractivity contribution in [1.29, 1.82) is 0 Å². The summed E-state index contributed by atoms with van der Waals surface area (Å²) in [5, 5.41) is 6.87. The van der Waals surface area contributed by atoms with Gasteiger partial charge in [-0.2, -0.15) is 0 Å². The minimum Gasteiger partial charge on any atom is -0.456 e. The second-order valence-electron chi connectivity index (χ2n) is 16.1. The second kappa shape index (κ2) is 12.3. The molecule has 0 saturated carbocycles. The Morgan fingerprint density at radius 2 is 0.931 bits per heavy atom. The summed E-state index contributed by atoms with van der Waals surface area (Å²) in [6.45, 7) is 4.69. The van der Waals surface area contributed by atoms with Crippen LogP contribution in [0.3, 0.4) is 0 Å². The Morgan fingerprint density at radius 3 is 1.67 bits per heavy atom. The zero-order valence-electron chi connectivity index (χ0n) is 32.2. The molecule has 0 amide bonds. The summed E-state index contributed by atoms with van der Waals surface area (Å²) in [7, 11) is 0. The summed E-state index contributed by atoms with van der Waals surface area (Å²) in [6, 6.07) is 67.7. The van der Waals surface area contributed by atoms with Crippen molar-refractivity contribution in [2.45, 2.75) is 19.3 Å². The fraction of sp³-hybridized carbons (Fsp3) is 0.0545. The van der Waals surface area contributed by atoms with Gasteiger partial charge in [-0.05, 0) is 111 Å². The van der Waals surface area contributed by atoms with Crippen LogP contribution in [0.15, 0.2) is 197 Å². The second-order valence-corrected chi connectivity index (χ2v) is 16.1. The highest BCUT2D eigenvalue weighted by molar-refractivity contribution is 6.19. The summed E-state index contributed by atoms with van der Waals surface area (Å²) < 4.78 is 12.8. The van der Waals surface area contributed by atoms with Crippen molar-refractivity contribution in [2.24, 2.45) is 0 Å². The van der Waals surface area contributed by atoms with Gasteiger partial charge in [0, 0.05) is 49.4 Å². The molecule has 2 heterocycles. The number of hydrogen-bond acceptors (Lipinski definition) is 3. The number of hydrogen-bond donors (Lipinski definition) is 0. The van der Waals surface area contributed by atoms with Gasteiger partial charge in [0.2, 0.25) is 0 Å². The first-order valence-electron chi connectivity index (χ1n) is 20.0. The molecule has 2 aromatic heterocycles. The van der Waals surface area contributed by atoms with Crippen LogP contribution in [0.1, 0.15) is 25.0 Å². The fourth-order valence-corrected chi connectivity index (χ4v) is 9.67. The number of fused-ring (bicyclic) bond motifs is 11. The minimum atomic E-state index is -0.120. The molecule has 3 nitrogen and oxygen atoms in total. The molecule has 0 bridgehead atoms. The third-order valence-corrected chi connectivity index (χ3v) is 12.5. The molecule has 0 saturated heterocycles. The molecule has 0 radical (unpaired) electrons. The summed E-state index contributed by atoms with van der Waals surface area (Å²) in [4.78, 5) is 2.39. The number of furan rings is 2. The smallest absolute Gasteiger partial charge is 0.143 e. The first kappa shape index (κ1) is 32.8.